The first-order valence-corrected chi connectivity index (χ1v) is 6.69. The number of hydrogen-bond acceptors (Lipinski definition) is 3. The van der Waals surface area contributed by atoms with E-state index in [-0.39, 0.29) is 18.1 Å². The van der Waals surface area contributed by atoms with Gasteiger partial charge in [0.05, 0.1) is 5.52 Å². The fraction of sp³-hybridized carbons (Fsp3) is 0.438. The number of hydrogen-bond donors (Lipinski definition) is 2. The van der Waals surface area contributed by atoms with E-state index in [4.69, 9.17) is 5.73 Å². The number of rotatable bonds is 4. The van der Waals surface area contributed by atoms with Crippen LogP contribution in [0.1, 0.15) is 37.4 Å². The number of aliphatic hydroxyl groups is 1. The van der Waals surface area contributed by atoms with Gasteiger partial charge in [0.1, 0.15) is 0 Å². The van der Waals surface area contributed by atoms with Crippen LogP contribution in [0.2, 0.25) is 0 Å². The fourth-order valence-corrected chi connectivity index (χ4v) is 2.56. The van der Waals surface area contributed by atoms with Crippen molar-refractivity contribution in [1.29, 1.82) is 0 Å². The minimum Gasteiger partial charge on any atom is -0.396 e. The number of nitrogens with zero attached hydrogens (tertiary/aromatic N) is 1. The second kappa shape index (κ2) is 5.27. The summed E-state index contributed by atoms with van der Waals surface area (Å²) in [5, 5.41) is 10.4. The molecule has 0 spiro atoms. The summed E-state index contributed by atoms with van der Waals surface area (Å²) in [6.45, 7) is 6.15. The summed E-state index contributed by atoms with van der Waals surface area (Å²) in [4.78, 5) is 4.50. The summed E-state index contributed by atoms with van der Waals surface area (Å²) in [5.41, 5.74) is 9.07. The molecular formula is C16H22N2O. The van der Waals surface area contributed by atoms with Crippen molar-refractivity contribution in [3.63, 3.8) is 0 Å². The third-order valence-corrected chi connectivity index (χ3v) is 3.57. The summed E-state index contributed by atoms with van der Waals surface area (Å²) < 4.78 is 0. The summed E-state index contributed by atoms with van der Waals surface area (Å²) in [6, 6.07) is 10.3. The van der Waals surface area contributed by atoms with Crippen molar-refractivity contribution in [2.45, 2.75) is 38.6 Å². The maximum Gasteiger partial charge on any atom is 0.0705 e. The first-order valence-electron chi connectivity index (χ1n) is 6.69. The quantitative estimate of drug-likeness (QED) is 0.886. The Balaban J connectivity index is 2.46. The Hall–Kier alpha value is -1.45. The molecule has 0 amide bonds. The first-order chi connectivity index (χ1) is 8.91. The summed E-state index contributed by atoms with van der Waals surface area (Å²) in [6.07, 6.45) is 0.675. The maximum atomic E-state index is 9.24. The van der Waals surface area contributed by atoms with E-state index < -0.39 is 0 Å². The van der Waals surface area contributed by atoms with Gasteiger partial charge in [-0.3, -0.25) is 4.98 Å². The predicted molar refractivity (Wildman–Crippen MR) is 79.2 cm³/mol. The van der Waals surface area contributed by atoms with E-state index in [2.05, 4.69) is 23.2 Å². The number of fused-ring (bicyclic) bond motifs is 1. The molecule has 2 aromatic rings. The van der Waals surface area contributed by atoms with Crippen molar-refractivity contribution in [2.75, 3.05) is 6.61 Å². The van der Waals surface area contributed by atoms with E-state index in [0.717, 1.165) is 16.6 Å². The van der Waals surface area contributed by atoms with Crippen molar-refractivity contribution in [2.24, 2.45) is 5.73 Å². The lowest BCUT2D eigenvalue weighted by molar-refractivity contribution is 0.250. The molecular weight excluding hydrogens is 236 g/mol. The first kappa shape index (κ1) is 14.0. The molecule has 1 unspecified atom stereocenters. The predicted octanol–water partition coefficient (Wildman–Crippen LogP) is 2.75. The van der Waals surface area contributed by atoms with Gasteiger partial charge in [-0.2, -0.15) is 0 Å². The smallest absolute Gasteiger partial charge is 0.0705 e. The van der Waals surface area contributed by atoms with Gasteiger partial charge in [0.2, 0.25) is 0 Å². The zero-order valence-electron chi connectivity index (χ0n) is 11.9. The molecule has 102 valence electrons. The minimum atomic E-state index is -0.353. The topological polar surface area (TPSA) is 59.1 Å². The van der Waals surface area contributed by atoms with Gasteiger partial charge in [-0.25, -0.2) is 0 Å². The molecule has 0 bridgehead atoms. The molecule has 1 heterocycles. The van der Waals surface area contributed by atoms with Crippen LogP contribution in [0.3, 0.4) is 0 Å². The van der Waals surface area contributed by atoms with Crippen molar-refractivity contribution in [3.05, 3.63) is 41.6 Å². The molecule has 0 aliphatic carbocycles. The molecule has 3 heteroatoms. The molecule has 0 saturated carbocycles. The summed E-state index contributed by atoms with van der Waals surface area (Å²) >= 11 is 0. The lowest BCUT2D eigenvalue weighted by atomic mass is 9.80. The molecule has 0 fully saturated rings. The molecule has 1 aromatic carbocycles. The Morgan fingerprint density at radius 3 is 2.63 bits per heavy atom. The van der Waals surface area contributed by atoms with E-state index in [1.807, 2.05) is 32.9 Å². The van der Waals surface area contributed by atoms with Crippen LogP contribution in [0.4, 0.5) is 0 Å². The zero-order valence-corrected chi connectivity index (χ0v) is 11.9. The van der Waals surface area contributed by atoms with Gasteiger partial charge in [-0.15, -0.1) is 0 Å². The van der Waals surface area contributed by atoms with Gasteiger partial charge in [-0.1, -0.05) is 12.1 Å². The molecule has 0 aliphatic heterocycles. The molecule has 19 heavy (non-hydrogen) atoms. The standard InChI is InChI=1S/C16H22N2O/c1-11-4-5-13-10-12(6-7-15(13)18-11)14(8-9-19)16(2,3)17/h4-7,10,14,19H,8-9,17H2,1-3H3. The molecule has 1 aromatic heterocycles. The van der Waals surface area contributed by atoms with Crippen LogP contribution >= 0.6 is 0 Å². The van der Waals surface area contributed by atoms with Crippen LogP contribution in [-0.4, -0.2) is 22.2 Å². The second-order valence-corrected chi connectivity index (χ2v) is 5.79. The van der Waals surface area contributed by atoms with Gasteiger partial charge >= 0.3 is 0 Å². The highest BCUT2D eigenvalue weighted by molar-refractivity contribution is 5.79. The average Bonchev–Trinajstić information content (AvgIpc) is 2.34. The summed E-state index contributed by atoms with van der Waals surface area (Å²) in [5.74, 6) is 0.142. The van der Waals surface area contributed by atoms with Crippen molar-refractivity contribution in [1.82, 2.24) is 4.98 Å². The Morgan fingerprint density at radius 2 is 2.00 bits per heavy atom. The fourth-order valence-electron chi connectivity index (χ4n) is 2.56. The SMILES string of the molecule is Cc1ccc2cc(C(CCO)C(C)(C)N)ccc2n1. The Morgan fingerprint density at radius 1 is 1.26 bits per heavy atom. The van der Waals surface area contributed by atoms with Gasteiger partial charge in [-0.05, 0) is 51.0 Å². The van der Waals surface area contributed by atoms with E-state index >= 15 is 0 Å². The van der Waals surface area contributed by atoms with Crippen molar-refractivity contribution < 1.29 is 5.11 Å². The lowest BCUT2D eigenvalue weighted by Gasteiger charge is -2.30. The number of aliphatic hydroxyl groups excluding tert-OH is 1. The normalized spacial score (nSPS) is 13.7. The monoisotopic (exact) mass is 258 g/mol. The molecule has 1 atom stereocenters. The third kappa shape index (κ3) is 3.11. The number of pyridine rings is 1. The largest absolute Gasteiger partial charge is 0.396 e. The highest BCUT2D eigenvalue weighted by Gasteiger charge is 2.26. The van der Waals surface area contributed by atoms with Crippen LogP contribution in [0, 0.1) is 6.92 Å². The molecule has 3 nitrogen and oxygen atoms in total. The van der Waals surface area contributed by atoms with Crippen molar-refractivity contribution >= 4 is 10.9 Å². The molecule has 2 rings (SSSR count). The second-order valence-electron chi connectivity index (χ2n) is 5.79. The van der Waals surface area contributed by atoms with Gasteiger partial charge < -0.3 is 10.8 Å². The van der Waals surface area contributed by atoms with Crippen LogP contribution < -0.4 is 5.73 Å². The third-order valence-electron chi connectivity index (χ3n) is 3.57. The van der Waals surface area contributed by atoms with Gasteiger partial charge in [0, 0.05) is 29.1 Å². The molecule has 3 N–H and O–H groups in total. The van der Waals surface area contributed by atoms with E-state index in [0.29, 0.717) is 6.42 Å². The van der Waals surface area contributed by atoms with E-state index in [1.54, 1.807) is 0 Å². The van der Waals surface area contributed by atoms with E-state index in [9.17, 15) is 5.11 Å². The van der Waals surface area contributed by atoms with E-state index in [1.165, 1.54) is 5.56 Å². The van der Waals surface area contributed by atoms with Gasteiger partial charge in [0.25, 0.3) is 0 Å². The number of aromatic nitrogens is 1. The number of nitrogens with two attached hydrogens (primary N) is 1. The van der Waals surface area contributed by atoms with Crippen molar-refractivity contribution in [3.8, 4) is 0 Å². The number of aryl methyl sites for hydroxylation is 1. The lowest BCUT2D eigenvalue weighted by Crippen LogP contribution is -2.39. The molecule has 0 radical (unpaired) electrons. The minimum absolute atomic E-state index is 0.142. The summed E-state index contributed by atoms with van der Waals surface area (Å²) in [7, 11) is 0. The van der Waals surface area contributed by atoms with Crippen LogP contribution in [0.15, 0.2) is 30.3 Å². The highest BCUT2D eigenvalue weighted by Crippen LogP contribution is 2.31. The van der Waals surface area contributed by atoms with Crippen LogP contribution in [0.5, 0.6) is 0 Å². The number of benzene rings is 1. The van der Waals surface area contributed by atoms with Crippen LogP contribution in [0.25, 0.3) is 10.9 Å². The molecule has 0 aliphatic rings. The zero-order chi connectivity index (χ0) is 14.0. The van der Waals surface area contributed by atoms with Gasteiger partial charge in [0.15, 0.2) is 0 Å². The Labute approximate surface area is 114 Å². The average molecular weight is 258 g/mol. The Kier molecular flexibility index (Phi) is 3.88. The maximum absolute atomic E-state index is 9.24. The van der Waals surface area contributed by atoms with Crippen LogP contribution in [-0.2, 0) is 0 Å². The molecule has 0 saturated heterocycles. The Bertz CT molecular complexity index is 572. The highest BCUT2D eigenvalue weighted by atomic mass is 16.3.